The molecule has 1 aliphatic rings. The molecule has 2 heterocycles. The average molecular weight is 413 g/mol. The topological polar surface area (TPSA) is 53.9 Å². The molecule has 0 saturated carbocycles. The van der Waals surface area contributed by atoms with Gasteiger partial charge in [-0.3, -0.25) is 9.89 Å². The predicted molar refractivity (Wildman–Crippen MR) is 106 cm³/mol. The summed E-state index contributed by atoms with van der Waals surface area (Å²) in [5.41, 5.74) is 0.944. The Bertz CT molecular complexity index is 863. The van der Waals surface area contributed by atoms with Crippen molar-refractivity contribution in [3.8, 4) is 0 Å². The molecule has 2 aromatic rings. The number of carbonyl (C=O) groups excluding carboxylic acids is 1. The van der Waals surface area contributed by atoms with E-state index >= 15 is 0 Å². The molecule has 140 valence electrons. The number of nitrogens with zero attached hydrogens (tertiary/aromatic N) is 3. The van der Waals surface area contributed by atoms with Gasteiger partial charge in [-0.2, -0.15) is 5.10 Å². The minimum absolute atomic E-state index is 0.144. The fraction of sp³-hybridized carbons (Fsp3) is 0.500. The first kappa shape index (κ1) is 19.4. The molecule has 8 heteroatoms. The number of piperidine rings is 1. The number of hydrogen-bond acceptors (Lipinski definition) is 3. The van der Waals surface area contributed by atoms with Crippen LogP contribution in [-0.4, -0.2) is 38.7 Å². The molecule has 5 nitrogen and oxygen atoms in total. The van der Waals surface area contributed by atoms with E-state index in [2.05, 4.69) is 10.2 Å². The van der Waals surface area contributed by atoms with E-state index in [1.807, 2.05) is 29.5 Å². The van der Waals surface area contributed by atoms with Crippen molar-refractivity contribution in [2.75, 3.05) is 13.1 Å². The summed E-state index contributed by atoms with van der Waals surface area (Å²) in [6.07, 6.45) is 2.57. The van der Waals surface area contributed by atoms with E-state index in [1.54, 1.807) is 12.1 Å². The highest BCUT2D eigenvalue weighted by Crippen LogP contribution is 2.28. The Morgan fingerprint density at radius 3 is 2.88 bits per heavy atom. The highest BCUT2D eigenvalue weighted by Gasteiger charge is 2.30. The van der Waals surface area contributed by atoms with Gasteiger partial charge in [-0.25, -0.2) is 0 Å². The van der Waals surface area contributed by atoms with Gasteiger partial charge in [-0.05, 0) is 49.2 Å². The second-order valence-corrected chi connectivity index (χ2v) is 8.14. The maximum Gasteiger partial charge on any atom is 0.225 e. The van der Waals surface area contributed by atoms with Crippen LogP contribution >= 0.6 is 35.4 Å². The largest absolute Gasteiger partial charge is 0.342 e. The third kappa shape index (κ3) is 4.13. The van der Waals surface area contributed by atoms with E-state index in [0.717, 1.165) is 30.8 Å². The number of aromatic amines is 1. The Hall–Kier alpha value is -1.37. The van der Waals surface area contributed by atoms with Crippen LogP contribution in [-0.2, 0) is 18.3 Å². The summed E-state index contributed by atoms with van der Waals surface area (Å²) < 4.78 is 2.50. The third-order valence-corrected chi connectivity index (χ3v) is 5.93. The van der Waals surface area contributed by atoms with Crippen LogP contribution in [0, 0.1) is 10.7 Å². The van der Waals surface area contributed by atoms with Crippen molar-refractivity contribution in [3.63, 3.8) is 0 Å². The number of nitrogens with one attached hydrogen (secondary N) is 1. The molecule has 1 saturated heterocycles. The van der Waals surface area contributed by atoms with Crippen molar-refractivity contribution in [2.45, 2.75) is 32.1 Å². The number of carbonyl (C=O) groups is 1. The van der Waals surface area contributed by atoms with Crippen molar-refractivity contribution in [1.29, 1.82) is 0 Å². The molecule has 3 rings (SSSR count). The van der Waals surface area contributed by atoms with Crippen LogP contribution in [0.5, 0.6) is 0 Å². The molecule has 1 N–H and O–H groups in total. The molecule has 26 heavy (non-hydrogen) atoms. The molecular formula is C18H22Cl2N4OS. The first-order chi connectivity index (χ1) is 12.4. The molecule has 1 aromatic heterocycles. The number of aromatic nitrogens is 3. The lowest BCUT2D eigenvalue weighted by Gasteiger charge is -2.34. The fourth-order valence-electron chi connectivity index (χ4n) is 3.53. The Kier molecular flexibility index (Phi) is 6.05. The zero-order chi connectivity index (χ0) is 18.8. The van der Waals surface area contributed by atoms with Crippen molar-refractivity contribution in [3.05, 3.63) is 44.4 Å². The van der Waals surface area contributed by atoms with Crippen molar-refractivity contribution in [1.82, 2.24) is 19.7 Å². The summed E-state index contributed by atoms with van der Waals surface area (Å²) in [5, 5.41) is 8.38. The van der Waals surface area contributed by atoms with Gasteiger partial charge in [0.1, 0.15) is 5.82 Å². The summed E-state index contributed by atoms with van der Waals surface area (Å²) in [6.45, 7) is 3.40. The zero-order valence-corrected chi connectivity index (χ0v) is 17.2. The van der Waals surface area contributed by atoms with Crippen LogP contribution in [0.2, 0.25) is 10.0 Å². The van der Waals surface area contributed by atoms with Crippen LogP contribution in [0.3, 0.4) is 0 Å². The minimum Gasteiger partial charge on any atom is -0.342 e. The van der Waals surface area contributed by atoms with Crippen molar-refractivity contribution >= 4 is 41.3 Å². The number of H-pyrrole nitrogens is 1. The second-order valence-electron chi connectivity index (χ2n) is 6.91. The summed E-state index contributed by atoms with van der Waals surface area (Å²) in [6, 6.07) is 5.42. The van der Waals surface area contributed by atoms with Gasteiger partial charge in [-0.1, -0.05) is 36.2 Å². The SMILES string of the molecule is CC(Cc1ccc(Cl)cc1Cl)C(=O)N1CCCC(c2n[nH]c(=S)n2C)C1. The molecule has 2 atom stereocenters. The molecule has 1 amide bonds. The monoisotopic (exact) mass is 412 g/mol. The molecular weight excluding hydrogens is 391 g/mol. The number of rotatable bonds is 4. The first-order valence-corrected chi connectivity index (χ1v) is 9.87. The Morgan fingerprint density at radius 2 is 2.23 bits per heavy atom. The number of hydrogen-bond donors (Lipinski definition) is 1. The van der Waals surface area contributed by atoms with Crippen LogP contribution in [0.25, 0.3) is 0 Å². The van der Waals surface area contributed by atoms with Crippen molar-refractivity contribution in [2.24, 2.45) is 13.0 Å². The highest BCUT2D eigenvalue weighted by molar-refractivity contribution is 7.71. The van der Waals surface area contributed by atoms with E-state index in [0.29, 0.717) is 27.8 Å². The molecule has 0 bridgehead atoms. The standard InChI is InChI=1S/C18H22Cl2N4OS/c1-11(8-12-5-6-14(19)9-15(12)20)17(25)24-7-3-4-13(10-24)16-21-22-18(26)23(16)2/h5-6,9,11,13H,3-4,7-8,10H2,1-2H3,(H,22,26). The van der Waals surface area contributed by atoms with Gasteiger partial charge in [0.05, 0.1) is 0 Å². The van der Waals surface area contributed by atoms with Crippen LogP contribution < -0.4 is 0 Å². The lowest BCUT2D eigenvalue weighted by Crippen LogP contribution is -2.42. The molecule has 2 unspecified atom stereocenters. The Balaban J connectivity index is 1.68. The maximum absolute atomic E-state index is 12.9. The smallest absolute Gasteiger partial charge is 0.225 e. The molecule has 0 spiro atoms. The van der Waals surface area contributed by atoms with Gasteiger partial charge in [0.2, 0.25) is 5.91 Å². The zero-order valence-electron chi connectivity index (χ0n) is 14.8. The lowest BCUT2D eigenvalue weighted by molar-refractivity contribution is -0.136. The van der Waals surface area contributed by atoms with E-state index in [4.69, 9.17) is 35.4 Å². The van der Waals surface area contributed by atoms with Gasteiger partial charge in [0.15, 0.2) is 4.77 Å². The van der Waals surface area contributed by atoms with Gasteiger partial charge in [0, 0.05) is 42.0 Å². The average Bonchev–Trinajstić information content (AvgIpc) is 2.96. The number of amides is 1. The van der Waals surface area contributed by atoms with Gasteiger partial charge >= 0.3 is 0 Å². The summed E-state index contributed by atoms with van der Waals surface area (Å²) >= 11 is 17.4. The predicted octanol–water partition coefficient (Wildman–Crippen LogP) is 4.37. The highest BCUT2D eigenvalue weighted by atomic mass is 35.5. The van der Waals surface area contributed by atoms with Crippen molar-refractivity contribution < 1.29 is 4.79 Å². The Labute approximate surface area is 168 Å². The van der Waals surface area contributed by atoms with E-state index in [9.17, 15) is 4.79 Å². The number of benzene rings is 1. The minimum atomic E-state index is -0.144. The molecule has 1 fully saturated rings. The third-order valence-electron chi connectivity index (χ3n) is 4.98. The second kappa shape index (κ2) is 8.11. The van der Waals surface area contributed by atoms with Crippen LogP contribution in [0.4, 0.5) is 0 Å². The van der Waals surface area contributed by atoms with Crippen LogP contribution in [0.15, 0.2) is 18.2 Å². The first-order valence-electron chi connectivity index (χ1n) is 8.70. The molecule has 1 aliphatic heterocycles. The van der Waals surface area contributed by atoms with Crippen LogP contribution in [0.1, 0.15) is 37.1 Å². The number of likely N-dealkylation sites (tertiary alicyclic amines) is 1. The quantitative estimate of drug-likeness (QED) is 0.758. The summed E-state index contributed by atoms with van der Waals surface area (Å²) in [7, 11) is 1.91. The normalized spacial score (nSPS) is 18.8. The summed E-state index contributed by atoms with van der Waals surface area (Å²) in [5.74, 6) is 1.13. The number of halogens is 2. The molecule has 0 radical (unpaired) electrons. The van der Waals surface area contributed by atoms with E-state index in [-0.39, 0.29) is 17.7 Å². The Morgan fingerprint density at radius 1 is 1.46 bits per heavy atom. The molecule has 1 aromatic carbocycles. The van der Waals surface area contributed by atoms with Gasteiger partial charge in [-0.15, -0.1) is 0 Å². The van der Waals surface area contributed by atoms with E-state index in [1.165, 1.54) is 0 Å². The lowest BCUT2D eigenvalue weighted by atomic mass is 9.94. The molecule has 0 aliphatic carbocycles. The van der Waals surface area contributed by atoms with Gasteiger partial charge in [0.25, 0.3) is 0 Å². The maximum atomic E-state index is 12.9. The fourth-order valence-corrected chi connectivity index (χ4v) is 4.15. The summed E-state index contributed by atoms with van der Waals surface area (Å²) in [4.78, 5) is 14.9. The van der Waals surface area contributed by atoms with Gasteiger partial charge < -0.3 is 9.47 Å². The van der Waals surface area contributed by atoms with E-state index < -0.39 is 0 Å².